The van der Waals surface area contributed by atoms with E-state index in [1.54, 1.807) is 6.07 Å². The van der Waals surface area contributed by atoms with Crippen LogP contribution >= 0.6 is 0 Å². The lowest BCUT2D eigenvalue weighted by Gasteiger charge is -2.15. The van der Waals surface area contributed by atoms with E-state index >= 15 is 0 Å². The third-order valence-corrected chi connectivity index (χ3v) is 3.49. The Bertz CT molecular complexity index is 947. The number of carbonyl (C=O) groups excluding carboxylic acids is 1. The van der Waals surface area contributed by atoms with Gasteiger partial charge in [-0.2, -0.15) is 0 Å². The number of hydrogen-bond acceptors (Lipinski definition) is 5. The summed E-state index contributed by atoms with van der Waals surface area (Å²) in [6.07, 6.45) is 1.31. The van der Waals surface area contributed by atoms with Gasteiger partial charge in [-0.15, -0.1) is 0 Å². The van der Waals surface area contributed by atoms with Crippen LogP contribution in [0.1, 0.15) is 24.3 Å². The third-order valence-electron chi connectivity index (χ3n) is 3.49. The zero-order valence-corrected chi connectivity index (χ0v) is 14.9. The van der Waals surface area contributed by atoms with Gasteiger partial charge in [-0.3, -0.25) is 4.79 Å². The predicted molar refractivity (Wildman–Crippen MR) is 102 cm³/mol. The van der Waals surface area contributed by atoms with Gasteiger partial charge in [0.05, 0.1) is 11.8 Å². The Labute approximate surface area is 156 Å². The minimum absolute atomic E-state index is 0.0194. The molecule has 2 aromatic carbocycles. The van der Waals surface area contributed by atoms with Crippen LogP contribution < -0.4 is 15.4 Å². The van der Waals surface area contributed by atoms with Crippen LogP contribution in [0.15, 0.2) is 60.9 Å². The van der Waals surface area contributed by atoms with E-state index in [-0.39, 0.29) is 11.8 Å². The first-order chi connectivity index (χ1) is 13.0. The molecule has 0 radical (unpaired) electrons. The molecule has 6 nitrogen and oxygen atoms in total. The summed E-state index contributed by atoms with van der Waals surface area (Å²) in [6.45, 7) is 3.88. The fourth-order valence-electron chi connectivity index (χ4n) is 2.38. The number of carbonyl (C=O) groups is 1. The molecule has 0 atom stereocenters. The van der Waals surface area contributed by atoms with Gasteiger partial charge in [0.2, 0.25) is 0 Å². The Morgan fingerprint density at radius 1 is 1.07 bits per heavy atom. The van der Waals surface area contributed by atoms with Crippen molar-refractivity contribution in [2.45, 2.75) is 20.0 Å². The lowest BCUT2D eigenvalue weighted by Crippen LogP contribution is -2.14. The molecule has 2 N–H and O–H groups in total. The molecule has 0 saturated carbocycles. The Morgan fingerprint density at radius 3 is 2.67 bits per heavy atom. The summed E-state index contributed by atoms with van der Waals surface area (Å²) in [7, 11) is 0. The topological polar surface area (TPSA) is 76.1 Å². The van der Waals surface area contributed by atoms with Gasteiger partial charge in [-0.05, 0) is 44.2 Å². The molecule has 138 valence electrons. The molecule has 27 heavy (non-hydrogen) atoms. The van der Waals surface area contributed by atoms with E-state index in [0.29, 0.717) is 17.3 Å². The van der Waals surface area contributed by atoms with Crippen LogP contribution in [0.2, 0.25) is 0 Å². The molecule has 0 aliphatic heterocycles. The van der Waals surface area contributed by atoms with Gasteiger partial charge in [0, 0.05) is 11.8 Å². The maximum absolute atomic E-state index is 13.3. The summed E-state index contributed by atoms with van der Waals surface area (Å²) in [5.74, 6) is 0.225. The average molecular weight is 366 g/mol. The molecule has 0 spiro atoms. The minimum atomic E-state index is -0.460. The van der Waals surface area contributed by atoms with Crippen molar-refractivity contribution >= 4 is 23.1 Å². The molecule has 7 heteroatoms. The molecular formula is C20H19FN4O2. The number of benzene rings is 2. The van der Waals surface area contributed by atoms with Crippen molar-refractivity contribution in [1.29, 1.82) is 0 Å². The highest BCUT2D eigenvalue weighted by Crippen LogP contribution is 2.27. The van der Waals surface area contributed by atoms with Crippen molar-refractivity contribution in [1.82, 2.24) is 9.97 Å². The van der Waals surface area contributed by atoms with Crippen LogP contribution in [0.4, 0.5) is 21.6 Å². The lowest BCUT2D eigenvalue weighted by atomic mass is 10.2. The number of aromatic nitrogens is 2. The van der Waals surface area contributed by atoms with Gasteiger partial charge in [-0.25, -0.2) is 14.4 Å². The number of amides is 1. The number of anilines is 3. The van der Waals surface area contributed by atoms with E-state index in [1.165, 1.54) is 30.6 Å². The van der Waals surface area contributed by atoms with Crippen LogP contribution in [-0.2, 0) is 0 Å². The van der Waals surface area contributed by atoms with E-state index < -0.39 is 11.7 Å². The zero-order valence-electron chi connectivity index (χ0n) is 14.9. The van der Waals surface area contributed by atoms with Crippen molar-refractivity contribution in [2.75, 3.05) is 10.6 Å². The maximum atomic E-state index is 13.3. The Hall–Kier alpha value is -3.48. The average Bonchev–Trinajstić information content (AvgIpc) is 2.63. The Balaban J connectivity index is 1.77. The highest BCUT2D eigenvalue weighted by molar-refractivity contribution is 6.03. The maximum Gasteiger partial charge on any atom is 0.274 e. The van der Waals surface area contributed by atoms with Crippen LogP contribution in [-0.4, -0.2) is 22.0 Å². The Morgan fingerprint density at radius 2 is 1.89 bits per heavy atom. The predicted octanol–water partition coefficient (Wildman–Crippen LogP) is 4.40. The molecule has 0 aliphatic carbocycles. The summed E-state index contributed by atoms with van der Waals surface area (Å²) in [6, 6.07) is 14.6. The van der Waals surface area contributed by atoms with E-state index in [1.807, 2.05) is 38.1 Å². The fraction of sp³-hybridized carbons (Fsp3) is 0.150. The molecule has 0 unspecified atom stereocenters. The van der Waals surface area contributed by atoms with Crippen molar-refractivity contribution < 1.29 is 13.9 Å². The third kappa shape index (κ3) is 5.01. The number of rotatable bonds is 6. The van der Waals surface area contributed by atoms with E-state index in [0.717, 1.165) is 5.69 Å². The largest absolute Gasteiger partial charge is 0.489 e. The van der Waals surface area contributed by atoms with E-state index in [9.17, 15) is 9.18 Å². The van der Waals surface area contributed by atoms with E-state index in [4.69, 9.17) is 4.74 Å². The number of ether oxygens (including phenoxy) is 1. The smallest absolute Gasteiger partial charge is 0.274 e. The number of para-hydroxylation sites is 2. The second kappa shape index (κ2) is 8.27. The van der Waals surface area contributed by atoms with Crippen molar-refractivity contribution in [3.63, 3.8) is 0 Å². The molecule has 1 heterocycles. The highest BCUT2D eigenvalue weighted by Gasteiger charge is 2.11. The molecule has 1 aromatic heterocycles. The minimum Gasteiger partial charge on any atom is -0.489 e. The zero-order chi connectivity index (χ0) is 19.2. The number of halogens is 1. The summed E-state index contributed by atoms with van der Waals surface area (Å²) < 4.78 is 19.0. The summed E-state index contributed by atoms with van der Waals surface area (Å²) in [5, 5.41) is 5.74. The van der Waals surface area contributed by atoms with Crippen LogP contribution in [0.25, 0.3) is 0 Å². The lowest BCUT2D eigenvalue weighted by molar-refractivity contribution is 0.102. The molecule has 0 aliphatic rings. The standard InChI is InChI=1S/C20H19FN4O2/c1-13(2)27-18-9-4-3-8-16(18)25-19-11-17(22-12-23-19)20(26)24-15-7-5-6-14(21)10-15/h3-13H,1-2H3,(H,24,26)(H,22,23,25). The number of nitrogens with one attached hydrogen (secondary N) is 2. The van der Waals surface area contributed by atoms with Crippen LogP contribution in [0.3, 0.4) is 0 Å². The summed E-state index contributed by atoms with van der Waals surface area (Å²) in [5.41, 5.74) is 1.23. The van der Waals surface area contributed by atoms with Crippen molar-refractivity contribution in [2.24, 2.45) is 0 Å². The number of nitrogens with zero attached hydrogens (tertiary/aromatic N) is 2. The second-order valence-corrected chi connectivity index (χ2v) is 6.04. The summed E-state index contributed by atoms with van der Waals surface area (Å²) >= 11 is 0. The fourth-order valence-corrected chi connectivity index (χ4v) is 2.38. The van der Waals surface area contributed by atoms with Gasteiger partial charge >= 0.3 is 0 Å². The quantitative estimate of drug-likeness (QED) is 0.676. The molecule has 0 fully saturated rings. The van der Waals surface area contributed by atoms with E-state index in [2.05, 4.69) is 20.6 Å². The molecule has 0 saturated heterocycles. The van der Waals surface area contributed by atoms with Crippen molar-refractivity contribution in [3.05, 3.63) is 72.4 Å². The van der Waals surface area contributed by atoms with Gasteiger partial charge in [-0.1, -0.05) is 18.2 Å². The highest BCUT2D eigenvalue weighted by atomic mass is 19.1. The first-order valence-corrected chi connectivity index (χ1v) is 8.43. The first-order valence-electron chi connectivity index (χ1n) is 8.43. The Kier molecular flexibility index (Phi) is 5.61. The normalized spacial score (nSPS) is 10.5. The molecule has 3 rings (SSSR count). The first kappa shape index (κ1) is 18.3. The van der Waals surface area contributed by atoms with Gasteiger partial charge < -0.3 is 15.4 Å². The number of hydrogen-bond donors (Lipinski definition) is 2. The molecular weight excluding hydrogens is 347 g/mol. The van der Waals surface area contributed by atoms with Crippen LogP contribution in [0, 0.1) is 5.82 Å². The van der Waals surface area contributed by atoms with Gasteiger partial charge in [0.15, 0.2) is 0 Å². The molecule has 1 amide bonds. The van der Waals surface area contributed by atoms with Crippen molar-refractivity contribution in [3.8, 4) is 5.75 Å². The van der Waals surface area contributed by atoms with Gasteiger partial charge in [0.1, 0.15) is 29.4 Å². The summed E-state index contributed by atoms with van der Waals surface area (Å²) in [4.78, 5) is 20.5. The molecule has 3 aromatic rings. The van der Waals surface area contributed by atoms with Crippen LogP contribution in [0.5, 0.6) is 5.75 Å². The molecule has 0 bridgehead atoms. The SMILES string of the molecule is CC(C)Oc1ccccc1Nc1cc(C(=O)Nc2cccc(F)c2)ncn1. The second-order valence-electron chi connectivity index (χ2n) is 6.04. The monoisotopic (exact) mass is 366 g/mol. The van der Waals surface area contributed by atoms with Gasteiger partial charge in [0.25, 0.3) is 5.91 Å².